The van der Waals surface area contributed by atoms with Gasteiger partial charge in [0.15, 0.2) is 0 Å². The van der Waals surface area contributed by atoms with Crippen LogP contribution in [0.25, 0.3) is 0 Å². The Morgan fingerprint density at radius 1 is 1.26 bits per heavy atom. The quantitative estimate of drug-likeness (QED) is 0.843. The number of aryl methyl sites for hydroxylation is 1. The molecule has 1 aliphatic heterocycles. The van der Waals surface area contributed by atoms with E-state index in [-0.39, 0.29) is 11.9 Å². The summed E-state index contributed by atoms with van der Waals surface area (Å²) in [6.45, 7) is 0.985. The van der Waals surface area contributed by atoms with E-state index in [9.17, 15) is 4.79 Å². The maximum Gasteiger partial charge on any atom is 0.237 e. The van der Waals surface area contributed by atoms with Gasteiger partial charge in [-0.05, 0) is 49.3 Å². The van der Waals surface area contributed by atoms with Crippen LogP contribution in [0.4, 0.5) is 0 Å². The van der Waals surface area contributed by atoms with E-state index in [0.717, 1.165) is 19.4 Å². The lowest BCUT2D eigenvalue weighted by molar-refractivity contribution is -0.123. The summed E-state index contributed by atoms with van der Waals surface area (Å²) in [5.74, 6) is 1.48. The number of hydrogen-bond donors (Lipinski definition) is 2. The average molecular weight is 256 g/mol. The third kappa shape index (κ3) is 1.88. The van der Waals surface area contributed by atoms with E-state index in [4.69, 9.17) is 0 Å². The van der Waals surface area contributed by atoms with Gasteiger partial charge in [0.25, 0.3) is 0 Å². The van der Waals surface area contributed by atoms with Crippen molar-refractivity contribution in [3.05, 3.63) is 35.4 Å². The topological polar surface area (TPSA) is 41.1 Å². The second kappa shape index (κ2) is 4.34. The lowest BCUT2D eigenvalue weighted by Gasteiger charge is -2.13. The van der Waals surface area contributed by atoms with Crippen molar-refractivity contribution in [1.29, 1.82) is 0 Å². The maximum atomic E-state index is 12.2. The molecular weight excluding hydrogens is 236 g/mol. The molecule has 3 aliphatic rings. The van der Waals surface area contributed by atoms with Crippen LogP contribution in [0.3, 0.4) is 0 Å². The van der Waals surface area contributed by atoms with Crippen molar-refractivity contribution in [2.45, 2.75) is 43.7 Å². The Morgan fingerprint density at radius 3 is 3.00 bits per heavy atom. The zero-order valence-corrected chi connectivity index (χ0v) is 11.1. The highest BCUT2D eigenvalue weighted by molar-refractivity contribution is 5.83. The van der Waals surface area contributed by atoms with Crippen molar-refractivity contribution in [3.8, 4) is 0 Å². The van der Waals surface area contributed by atoms with E-state index in [1.165, 1.54) is 24.0 Å². The fraction of sp³-hybridized carbons (Fsp3) is 0.562. The van der Waals surface area contributed by atoms with Crippen LogP contribution >= 0.6 is 0 Å². The number of fused-ring (bicyclic) bond motifs is 3. The molecule has 1 aromatic carbocycles. The second-order valence-electron chi connectivity index (χ2n) is 6.11. The molecule has 1 aromatic rings. The van der Waals surface area contributed by atoms with Gasteiger partial charge in [-0.25, -0.2) is 0 Å². The van der Waals surface area contributed by atoms with Crippen molar-refractivity contribution in [2.24, 2.45) is 5.92 Å². The predicted octanol–water partition coefficient (Wildman–Crippen LogP) is 1.58. The molecule has 4 rings (SSSR count). The predicted molar refractivity (Wildman–Crippen MR) is 73.9 cm³/mol. The fourth-order valence-electron chi connectivity index (χ4n) is 3.94. The van der Waals surface area contributed by atoms with Gasteiger partial charge in [-0.3, -0.25) is 4.79 Å². The summed E-state index contributed by atoms with van der Waals surface area (Å²) in [5.41, 5.74) is 2.96. The minimum absolute atomic E-state index is 0.0536. The number of hydrogen-bond acceptors (Lipinski definition) is 2. The normalized spacial score (nSPS) is 35.4. The smallest absolute Gasteiger partial charge is 0.237 e. The molecular formula is C16H20N2O. The Morgan fingerprint density at radius 2 is 2.16 bits per heavy atom. The zero-order chi connectivity index (χ0) is 12.8. The Hall–Kier alpha value is -1.35. The monoisotopic (exact) mass is 256 g/mol. The van der Waals surface area contributed by atoms with Gasteiger partial charge in [-0.2, -0.15) is 0 Å². The summed E-state index contributed by atoms with van der Waals surface area (Å²) >= 11 is 0. The summed E-state index contributed by atoms with van der Waals surface area (Å²) in [4.78, 5) is 12.2. The molecule has 0 unspecified atom stereocenters. The lowest BCUT2D eigenvalue weighted by atomic mass is 9.92. The lowest BCUT2D eigenvalue weighted by Crippen LogP contribution is -2.42. The maximum absolute atomic E-state index is 12.2. The van der Waals surface area contributed by atoms with Crippen LogP contribution in [0.15, 0.2) is 24.3 Å². The summed E-state index contributed by atoms with van der Waals surface area (Å²) in [6.07, 6.45) is 4.51. The van der Waals surface area contributed by atoms with Gasteiger partial charge < -0.3 is 10.6 Å². The van der Waals surface area contributed by atoms with E-state index >= 15 is 0 Å². The van der Waals surface area contributed by atoms with Gasteiger partial charge in [-0.15, -0.1) is 0 Å². The molecule has 1 heterocycles. The summed E-state index contributed by atoms with van der Waals surface area (Å²) < 4.78 is 0. The van der Waals surface area contributed by atoms with E-state index in [1.54, 1.807) is 0 Å². The van der Waals surface area contributed by atoms with Crippen LogP contribution in [0.2, 0.25) is 0 Å². The number of amides is 1. The molecule has 0 spiro atoms. The molecule has 1 amide bonds. The molecule has 2 aliphatic carbocycles. The standard InChI is InChI=1S/C16H20N2O/c19-16(13-6-3-9-17-13)18-15-12-8-7-10-4-1-2-5-11(10)14(12)15/h1-2,4-5,12-15,17H,3,6-9H2,(H,18,19)/t12-,13-,14-,15-/m1/s1. The summed E-state index contributed by atoms with van der Waals surface area (Å²) in [7, 11) is 0. The van der Waals surface area contributed by atoms with Gasteiger partial charge in [0.2, 0.25) is 5.91 Å². The van der Waals surface area contributed by atoms with Gasteiger partial charge in [0.05, 0.1) is 6.04 Å². The van der Waals surface area contributed by atoms with Crippen LogP contribution < -0.4 is 10.6 Å². The third-order valence-electron chi connectivity index (χ3n) is 5.02. The second-order valence-corrected chi connectivity index (χ2v) is 6.11. The Kier molecular flexibility index (Phi) is 2.62. The van der Waals surface area contributed by atoms with E-state index < -0.39 is 0 Å². The summed E-state index contributed by atoms with van der Waals surface area (Å²) in [5, 5.41) is 6.56. The Labute approximate surface area is 113 Å². The molecule has 4 atom stereocenters. The number of nitrogens with one attached hydrogen (secondary N) is 2. The van der Waals surface area contributed by atoms with Gasteiger partial charge in [0.1, 0.15) is 0 Å². The number of carbonyl (C=O) groups excluding carboxylic acids is 1. The molecule has 100 valence electrons. The minimum atomic E-state index is 0.0536. The highest BCUT2D eigenvalue weighted by Crippen LogP contribution is 2.54. The summed E-state index contributed by atoms with van der Waals surface area (Å²) in [6, 6.07) is 9.17. The molecule has 1 saturated heterocycles. The van der Waals surface area contributed by atoms with E-state index in [0.29, 0.717) is 17.9 Å². The molecule has 2 N–H and O–H groups in total. The van der Waals surface area contributed by atoms with E-state index in [1.807, 2.05) is 0 Å². The highest BCUT2D eigenvalue weighted by atomic mass is 16.2. The van der Waals surface area contributed by atoms with Crippen LogP contribution in [0, 0.1) is 5.92 Å². The van der Waals surface area contributed by atoms with Crippen molar-refractivity contribution >= 4 is 5.91 Å². The van der Waals surface area contributed by atoms with E-state index in [2.05, 4.69) is 34.9 Å². The molecule has 0 bridgehead atoms. The van der Waals surface area contributed by atoms with Crippen molar-refractivity contribution in [2.75, 3.05) is 6.54 Å². The van der Waals surface area contributed by atoms with Crippen LogP contribution in [0.1, 0.15) is 36.3 Å². The van der Waals surface area contributed by atoms with Crippen molar-refractivity contribution in [3.63, 3.8) is 0 Å². The van der Waals surface area contributed by atoms with Gasteiger partial charge >= 0.3 is 0 Å². The molecule has 0 radical (unpaired) electrons. The average Bonchev–Trinajstić information content (AvgIpc) is 2.89. The largest absolute Gasteiger partial charge is 0.351 e. The molecule has 3 nitrogen and oxygen atoms in total. The van der Waals surface area contributed by atoms with Crippen LogP contribution in [0.5, 0.6) is 0 Å². The Balaban J connectivity index is 1.47. The molecule has 19 heavy (non-hydrogen) atoms. The highest BCUT2D eigenvalue weighted by Gasteiger charge is 2.54. The van der Waals surface area contributed by atoms with Crippen LogP contribution in [-0.2, 0) is 11.2 Å². The number of carbonyl (C=O) groups is 1. The molecule has 0 aromatic heterocycles. The Bertz CT molecular complexity index is 507. The molecule has 2 fully saturated rings. The first-order valence-corrected chi connectivity index (χ1v) is 7.46. The number of rotatable bonds is 2. The first-order valence-electron chi connectivity index (χ1n) is 7.46. The third-order valence-corrected chi connectivity index (χ3v) is 5.02. The minimum Gasteiger partial charge on any atom is -0.351 e. The number of benzene rings is 1. The van der Waals surface area contributed by atoms with Crippen molar-refractivity contribution < 1.29 is 4.79 Å². The van der Waals surface area contributed by atoms with Gasteiger partial charge in [0, 0.05) is 12.0 Å². The molecule has 3 heteroatoms. The molecule has 1 saturated carbocycles. The first kappa shape index (κ1) is 11.5. The fourth-order valence-corrected chi connectivity index (χ4v) is 3.94. The zero-order valence-electron chi connectivity index (χ0n) is 11.1. The first-order chi connectivity index (χ1) is 9.34. The SMILES string of the molecule is O=C(N[C@@H]1[C@@H]2CCc3ccccc3[C@H]21)[C@H]1CCCN1. The van der Waals surface area contributed by atoms with Crippen LogP contribution in [-0.4, -0.2) is 24.5 Å². The van der Waals surface area contributed by atoms with Crippen molar-refractivity contribution in [1.82, 2.24) is 10.6 Å². The van der Waals surface area contributed by atoms with Gasteiger partial charge in [-0.1, -0.05) is 24.3 Å².